The van der Waals surface area contributed by atoms with Crippen molar-refractivity contribution in [1.82, 2.24) is 25.9 Å². The molecule has 0 aliphatic carbocycles. The molecule has 1 rings (SSSR count). The summed E-state index contributed by atoms with van der Waals surface area (Å²) in [6.45, 7) is 3.21. The number of hydrogen-bond donors (Lipinski definition) is 8. The van der Waals surface area contributed by atoms with Gasteiger partial charge < -0.3 is 42.6 Å². The van der Waals surface area contributed by atoms with Gasteiger partial charge in [0.15, 0.2) is 0 Å². The highest BCUT2D eigenvalue weighted by Gasteiger charge is 2.32. The van der Waals surface area contributed by atoms with Gasteiger partial charge in [-0.05, 0) is 25.3 Å². The monoisotopic (exact) mass is 483 g/mol. The van der Waals surface area contributed by atoms with Crippen molar-refractivity contribution < 1.29 is 29.4 Å². The molecule has 0 radical (unpaired) electrons. The van der Waals surface area contributed by atoms with E-state index in [2.05, 4.69) is 25.9 Å². The number of aromatic nitrogens is 2. The van der Waals surface area contributed by atoms with Gasteiger partial charge in [-0.3, -0.25) is 14.4 Å². The Bertz CT molecular complexity index is 789. The number of aliphatic hydroxyl groups is 1. The molecule has 10 N–H and O–H groups in total. The molecule has 0 fully saturated rings. The maximum Gasteiger partial charge on any atom is 0.328 e. The van der Waals surface area contributed by atoms with Gasteiger partial charge in [-0.25, -0.2) is 9.78 Å². The summed E-state index contributed by atoms with van der Waals surface area (Å²) in [5.41, 5.74) is 12.0. The Morgan fingerprint density at radius 2 is 1.76 bits per heavy atom. The fraction of sp³-hybridized carbons (Fsp3) is 0.667. The Hall–Kier alpha value is -3.03. The van der Waals surface area contributed by atoms with Crippen molar-refractivity contribution in [2.24, 2.45) is 17.4 Å². The predicted octanol–water partition coefficient (Wildman–Crippen LogP) is -2.01. The number of aliphatic hydroxyl groups excluding tert-OH is 1. The molecular formula is C21H37N7O6. The van der Waals surface area contributed by atoms with Crippen LogP contribution in [0.1, 0.15) is 45.2 Å². The lowest BCUT2D eigenvalue weighted by molar-refractivity contribution is -0.143. The zero-order chi connectivity index (χ0) is 25.7. The van der Waals surface area contributed by atoms with Crippen LogP contribution in [-0.4, -0.2) is 81.2 Å². The summed E-state index contributed by atoms with van der Waals surface area (Å²) in [4.78, 5) is 56.4. The Kier molecular flexibility index (Phi) is 12.8. The van der Waals surface area contributed by atoms with E-state index >= 15 is 0 Å². The van der Waals surface area contributed by atoms with Crippen LogP contribution in [0, 0.1) is 5.92 Å². The van der Waals surface area contributed by atoms with Gasteiger partial charge in [0.05, 0.1) is 19.0 Å². The van der Waals surface area contributed by atoms with Gasteiger partial charge in [0.1, 0.15) is 18.1 Å². The molecule has 0 saturated carbocycles. The van der Waals surface area contributed by atoms with Gasteiger partial charge >= 0.3 is 5.97 Å². The number of nitrogens with one attached hydrogen (secondary N) is 4. The largest absolute Gasteiger partial charge is 0.480 e. The summed E-state index contributed by atoms with van der Waals surface area (Å²) >= 11 is 0. The number of hydrogen-bond acceptors (Lipinski definition) is 8. The molecule has 1 heterocycles. The Balaban J connectivity index is 3.00. The van der Waals surface area contributed by atoms with Crippen molar-refractivity contribution in [3.8, 4) is 0 Å². The number of carbonyl (C=O) groups excluding carboxylic acids is 3. The number of carboxylic acid groups (broad SMARTS) is 1. The highest BCUT2D eigenvalue weighted by molar-refractivity contribution is 5.94. The lowest BCUT2D eigenvalue weighted by atomic mass is 9.97. The maximum absolute atomic E-state index is 13.1. The fourth-order valence-electron chi connectivity index (χ4n) is 3.15. The number of aromatic amines is 1. The van der Waals surface area contributed by atoms with Gasteiger partial charge in [-0.1, -0.05) is 26.7 Å². The van der Waals surface area contributed by atoms with Gasteiger partial charge in [-0.2, -0.15) is 0 Å². The first-order chi connectivity index (χ1) is 16.1. The van der Waals surface area contributed by atoms with Gasteiger partial charge in [0, 0.05) is 18.3 Å². The number of carbonyl (C=O) groups is 4. The molecule has 1 aromatic rings. The third-order valence-corrected chi connectivity index (χ3v) is 5.51. The van der Waals surface area contributed by atoms with Crippen molar-refractivity contribution in [3.63, 3.8) is 0 Å². The zero-order valence-corrected chi connectivity index (χ0v) is 19.6. The molecule has 3 amide bonds. The predicted molar refractivity (Wildman–Crippen MR) is 123 cm³/mol. The van der Waals surface area contributed by atoms with Crippen molar-refractivity contribution in [2.75, 3.05) is 13.2 Å². The Morgan fingerprint density at radius 1 is 1.09 bits per heavy atom. The summed E-state index contributed by atoms with van der Waals surface area (Å²) < 4.78 is 0. The highest BCUT2D eigenvalue weighted by Crippen LogP contribution is 2.10. The number of amides is 3. The van der Waals surface area contributed by atoms with Crippen LogP contribution in [0.25, 0.3) is 0 Å². The molecule has 0 aliphatic rings. The lowest BCUT2D eigenvalue weighted by Gasteiger charge is -2.27. The first-order valence-corrected chi connectivity index (χ1v) is 11.3. The minimum Gasteiger partial charge on any atom is -0.480 e. The minimum atomic E-state index is -1.51. The fourth-order valence-corrected chi connectivity index (χ4v) is 3.15. The SMILES string of the molecule is CCC(C)C(NC(=O)C(Cc1cnc[nH]1)NC(=O)C(N)CCCCN)C(=O)NC(CO)C(=O)O. The number of rotatable bonds is 16. The second-order valence-corrected chi connectivity index (χ2v) is 8.19. The van der Waals surface area contributed by atoms with Gasteiger partial charge in [0.25, 0.3) is 0 Å². The van der Waals surface area contributed by atoms with Crippen molar-refractivity contribution in [2.45, 2.75) is 70.1 Å². The molecule has 13 heteroatoms. The quantitative estimate of drug-likeness (QED) is 0.121. The third-order valence-electron chi connectivity index (χ3n) is 5.51. The van der Waals surface area contributed by atoms with E-state index in [1.165, 1.54) is 12.5 Å². The third kappa shape index (κ3) is 9.45. The van der Waals surface area contributed by atoms with E-state index in [1.54, 1.807) is 6.92 Å². The van der Waals surface area contributed by atoms with E-state index in [1.807, 2.05) is 6.92 Å². The number of unbranched alkanes of at least 4 members (excludes halogenated alkanes) is 1. The van der Waals surface area contributed by atoms with Crippen LogP contribution in [0.4, 0.5) is 0 Å². The van der Waals surface area contributed by atoms with E-state index in [0.717, 1.165) is 6.42 Å². The molecule has 0 saturated heterocycles. The molecule has 0 aromatic carbocycles. The minimum absolute atomic E-state index is 0.0658. The average molecular weight is 484 g/mol. The first kappa shape index (κ1) is 29.0. The van der Waals surface area contributed by atoms with Crippen LogP contribution >= 0.6 is 0 Å². The van der Waals surface area contributed by atoms with E-state index in [-0.39, 0.29) is 12.3 Å². The number of H-pyrrole nitrogens is 1. The molecular weight excluding hydrogens is 446 g/mol. The van der Waals surface area contributed by atoms with Crippen LogP contribution in [0.2, 0.25) is 0 Å². The summed E-state index contributed by atoms with van der Waals surface area (Å²) in [6.07, 6.45) is 5.28. The van der Waals surface area contributed by atoms with Crippen LogP contribution < -0.4 is 27.4 Å². The normalized spacial score (nSPS) is 15.4. The molecule has 13 nitrogen and oxygen atoms in total. The molecule has 34 heavy (non-hydrogen) atoms. The maximum atomic E-state index is 13.1. The van der Waals surface area contributed by atoms with E-state index in [4.69, 9.17) is 16.6 Å². The average Bonchev–Trinajstić information content (AvgIpc) is 3.32. The smallest absolute Gasteiger partial charge is 0.328 e. The van der Waals surface area contributed by atoms with E-state index in [9.17, 15) is 24.3 Å². The number of nitrogens with zero attached hydrogens (tertiary/aromatic N) is 1. The van der Waals surface area contributed by atoms with Crippen molar-refractivity contribution in [1.29, 1.82) is 0 Å². The highest BCUT2D eigenvalue weighted by atomic mass is 16.4. The number of nitrogens with two attached hydrogens (primary N) is 2. The van der Waals surface area contributed by atoms with Crippen LogP contribution in [-0.2, 0) is 25.6 Å². The second kappa shape index (κ2) is 15.0. The van der Waals surface area contributed by atoms with E-state index in [0.29, 0.717) is 31.5 Å². The number of carboxylic acids is 1. The summed E-state index contributed by atoms with van der Waals surface area (Å²) in [5, 5.41) is 25.8. The lowest BCUT2D eigenvalue weighted by Crippen LogP contribution is -2.59. The zero-order valence-electron chi connectivity index (χ0n) is 19.6. The summed E-state index contributed by atoms with van der Waals surface area (Å²) in [6, 6.07) is -4.51. The van der Waals surface area contributed by atoms with Crippen molar-refractivity contribution >= 4 is 23.7 Å². The molecule has 192 valence electrons. The summed E-state index contributed by atoms with van der Waals surface area (Å²) in [7, 11) is 0. The second-order valence-electron chi connectivity index (χ2n) is 8.19. The molecule has 0 bridgehead atoms. The van der Waals surface area contributed by atoms with Gasteiger partial charge in [0.2, 0.25) is 17.7 Å². The van der Waals surface area contributed by atoms with Crippen LogP contribution in [0.3, 0.4) is 0 Å². The molecule has 0 spiro atoms. The van der Waals surface area contributed by atoms with Crippen LogP contribution in [0.5, 0.6) is 0 Å². The number of imidazole rings is 1. The molecule has 1 aromatic heterocycles. The molecule has 5 unspecified atom stereocenters. The molecule has 5 atom stereocenters. The van der Waals surface area contributed by atoms with E-state index < -0.39 is 54.5 Å². The number of aliphatic carboxylic acids is 1. The van der Waals surface area contributed by atoms with Crippen LogP contribution in [0.15, 0.2) is 12.5 Å². The Morgan fingerprint density at radius 3 is 2.29 bits per heavy atom. The first-order valence-electron chi connectivity index (χ1n) is 11.3. The topological polar surface area (TPSA) is 226 Å². The van der Waals surface area contributed by atoms with Crippen molar-refractivity contribution in [3.05, 3.63) is 18.2 Å². The standard InChI is InChI=1S/C21H37N7O6/c1-3-12(2)17(20(32)27-16(10-29)21(33)34)28-19(31)15(8-13-9-24-11-25-13)26-18(30)14(23)6-4-5-7-22/h9,11-12,14-17,29H,3-8,10,22-23H2,1-2H3,(H,24,25)(H,26,30)(H,27,32)(H,28,31)(H,33,34). The Labute approximate surface area is 198 Å². The summed E-state index contributed by atoms with van der Waals surface area (Å²) in [5.74, 6) is -3.69. The van der Waals surface area contributed by atoms with Gasteiger partial charge in [-0.15, -0.1) is 0 Å². The molecule has 0 aliphatic heterocycles.